The number of nitrogens with zero attached hydrogens (tertiary/aromatic N) is 1. The van der Waals surface area contributed by atoms with Gasteiger partial charge in [0.1, 0.15) is 5.76 Å². The fraction of sp³-hybridized carbons (Fsp3) is 0.545. The molecule has 1 fully saturated rings. The molecule has 0 aromatic carbocycles. The van der Waals surface area contributed by atoms with E-state index in [4.69, 9.17) is 10.2 Å². The lowest BCUT2D eigenvalue weighted by Crippen LogP contribution is -2.41. The standard InChI is InChI=1S/C11H16N2O2.ClH/c1-8(12)11(14)13-6-2-4-9(13)10-5-3-7-15-10;/h3,5,7-9H,2,4,6,12H2,1H3;1H. The number of hydrogen-bond acceptors (Lipinski definition) is 3. The number of carbonyl (C=O) groups excluding carboxylic acids is 1. The van der Waals surface area contributed by atoms with Gasteiger partial charge in [-0.3, -0.25) is 4.79 Å². The molecule has 0 aliphatic carbocycles. The molecule has 0 spiro atoms. The van der Waals surface area contributed by atoms with Crippen LogP contribution in [0.1, 0.15) is 31.6 Å². The lowest BCUT2D eigenvalue weighted by molar-refractivity contribution is -0.133. The van der Waals surface area contributed by atoms with E-state index < -0.39 is 6.04 Å². The monoisotopic (exact) mass is 244 g/mol. The fourth-order valence-electron chi connectivity index (χ4n) is 2.07. The van der Waals surface area contributed by atoms with Crippen LogP contribution in [0.15, 0.2) is 22.8 Å². The minimum Gasteiger partial charge on any atom is -0.467 e. The molecular weight excluding hydrogens is 228 g/mol. The van der Waals surface area contributed by atoms with E-state index >= 15 is 0 Å². The van der Waals surface area contributed by atoms with Crippen LogP contribution in [0.4, 0.5) is 0 Å². The molecule has 1 amide bonds. The van der Waals surface area contributed by atoms with Crippen LogP contribution in [-0.2, 0) is 4.79 Å². The molecule has 2 heterocycles. The maximum atomic E-state index is 11.8. The summed E-state index contributed by atoms with van der Waals surface area (Å²) in [5.74, 6) is 0.871. The first-order valence-corrected chi connectivity index (χ1v) is 5.29. The molecule has 0 radical (unpaired) electrons. The van der Waals surface area contributed by atoms with Crippen molar-refractivity contribution in [3.8, 4) is 0 Å². The van der Waals surface area contributed by atoms with Crippen LogP contribution in [0.5, 0.6) is 0 Å². The molecule has 1 aromatic rings. The molecule has 2 N–H and O–H groups in total. The number of amides is 1. The van der Waals surface area contributed by atoms with Crippen molar-refractivity contribution in [3.63, 3.8) is 0 Å². The Morgan fingerprint density at radius 3 is 3.00 bits per heavy atom. The Balaban J connectivity index is 0.00000128. The average Bonchev–Trinajstić information content (AvgIpc) is 2.86. The van der Waals surface area contributed by atoms with Gasteiger partial charge in [-0.1, -0.05) is 0 Å². The van der Waals surface area contributed by atoms with Crippen molar-refractivity contribution in [1.82, 2.24) is 4.90 Å². The zero-order valence-electron chi connectivity index (χ0n) is 9.26. The highest BCUT2D eigenvalue weighted by molar-refractivity contribution is 5.85. The summed E-state index contributed by atoms with van der Waals surface area (Å²) in [6.45, 7) is 2.51. The van der Waals surface area contributed by atoms with Gasteiger partial charge in [-0.05, 0) is 31.9 Å². The van der Waals surface area contributed by atoms with E-state index in [-0.39, 0.29) is 24.4 Å². The lowest BCUT2D eigenvalue weighted by atomic mass is 10.1. The maximum Gasteiger partial charge on any atom is 0.239 e. The Kier molecular flexibility index (Phi) is 4.38. The van der Waals surface area contributed by atoms with Crippen LogP contribution in [0.25, 0.3) is 0 Å². The van der Waals surface area contributed by atoms with Gasteiger partial charge in [-0.15, -0.1) is 12.4 Å². The molecule has 16 heavy (non-hydrogen) atoms. The summed E-state index contributed by atoms with van der Waals surface area (Å²) in [6.07, 6.45) is 3.62. The van der Waals surface area contributed by atoms with Gasteiger partial charge in [0.15, 0.2) is 0 Å². The Morgan fingerprint density at radius 2 is 2.44 bits per heavy atom. The predicted molar refractivity (Wildman–Crippen MR) is 63.3 cm³/mol. The van der Waals surface area contributed by atoms with Crippen molar-refractivity contribution in [3.05, 3.63) is 24.2 Å². The van der Waals surface area contributed by atoms with Gasteiger partial charge in [0.25, 0.3) is 0 Å². The molecule has 5 heteroatoms. The zero-order valence-corrected chi connectivity index (χ0v) is 10.1. The summed E-state index contributed by atoms with van der Waals surface area (Å²) in [7, 11) is 0. The van der Waals surface area contributed by atoms with E-state index in [1.165, 1.54) is 0 Å². The number of hydrogen-bond donors (Lipinski definition) is 1. The van der Waals surface area contributed by atoms with Crippen LogP contribution in [0.3, 0.4) is 0 Å². The third kappa shape index (κ3) is 2.39. The zero-order chi connectivity index (χ0) is 10.8. The number of likely N-dealkylation sites (tertiary alicyclic amines) is 1. The number of nitrogens with two attached hydrogens (primary N) is 1. The van der Waals surface area contributed by atoms with Crippen LogP contribution in [0.2, 0.25) is 0 Å². The average molecular weight is 245 g/mol. The van der Waals surface area contributed by atoms with Crippen molar-refractivity contribution in [2.75, 3.05) is 6.54 Å². The molecule has 1 aromatic heterocycles. The largest absolute Gasteiger partial charge is 0.467 e. The molecule has 1 aliphatic rings. The number of carbonyl (C=O) groups is 1. The first-order chi connectivity index (χ1) is 7.20. The summed E-state index contributed by atoms with van der Waals surface area (Å²) in [5, 5.41) is 0. The predicted octanol–water partition coefficient (Wildman–Crippen LogP) is 1.71. The van der Waals surface area contributed by atoms with Gasteiger partial charge in [-0.2, -0.15) is 0 Å². The van der Waals surface area contributed by atoms with Crippen molar-refractivity contribution < 1.29 is 9.21 Å². The van der Waals surface area contributed by atoms with E-state index in [0.717, 1.165) is 25.1 Å². The smallest absolute Gasteiger partial charge is 0.239 e. The molecular formula is C11H17ClN2O2. The van der Waals surface area contributed by atoms with Crippen LogP contribution in [0, 0.1) is 0 Å². The van der Waals surface area contributed by atoms with Crippen LogP contribution >= 0.6 is 12.4 Å². The fourth-order valence-corrected chi connectivity index (χ4v) is 2.07. The molecule has 1 aliphatic heterocycles. The molecule has 0 bridgehead atoms. The molecule has 4 nitrogen and oxygen atoms in total. The quantitative estimate of drug-likeness (QED) is 0.862. The lowest BCUT2D eigenvalue weighted by Gasteiger charge is -2.24. The van der Waals surface area contributed by atoms with Crippen molar-refractivity contribution in [2.24, 2.45) is 5.73 Å². The third-order valence-corrected chi connectivity index (χ3v) is 2.80. The van der Waals surface area contributed by atoms with E-state index in [1.54, 1.807) is 13.2 Å². The molecule has 2 atom stereocenters. The summed E-state index contributed by atoms with van der Waals surface area (Å²) in [4.78, 5) is 13.6. The number of rotatable bonds is 2. The summed E-state index contributed by atoms with van der Waals surface area (Å²) >= 11 is 0. The third-order valence-electron chi connectivity index (χ3n) is 2.80. The van der Waals surface area contributed by atoms with E-state index in [2.05, 4.69) is 0 Å². The van der Waals surface area contributed by atoms with E-state index in [9.17, 15) is 4.79 Å². The Labute approximate surface area is 101 Å². The first-order valence-electron chi connectivity index (χ1n) is 5.29. The Bertz CT molecular complexity index is 338. The van der Waals surface area contributed by atoms with Gasteiger partial charge in [0, 0.05) is 6.54 Å². The first kappa shape index (κ1) is 13.1. The second kappa shape index (κ2) is 5.37. The molecule has 0 saturated carbocycles. The second-order valence-corrected chi connectivity index (χ2v) is 3.99. The molecule has 1 saturated heterocycles. The highest BCUT2D eigenvalue weighted by atomic mass is 35.5. The highest BCUT2D eigenvalue weighted by Crippen LogP contribution is 2.32. The van der Waals surface area contributed by atoms with Crippen LogP contribution < -0.4 is 5.73 Å². The van der Waals surface area contributed by atoms with Crippen LogP contribution in [-0.4, -0.2) is 23.4 Å². The maximum absolute atomic E-state index is 11.8. The molecule has 2 rings (SSSR count). The summed E-state index contributed by atoms with van der Waals surface area (Å²) in [6, 6.07) is 3.42. The normalized spacial score (nSPS) is 21.6. The van der Waals surface area contributed by atoms with Crippen molar-refractivity contribution in [1.29, 1.82) is 0 Å². The molecule has 2 unspecified atom stereocenters. The number of halogens is 1. The van der Waals surface area contributed by atoms with Gasteiger partial charge in [-0.25, -0.2) is 0 Å². The highest BCUT2D eigenvalue weighted by Gasteiger charge is 2.32. The second-order valence-electron chi connectivity index (χ2n) is 3.99. The van der Waals surface area contributed by atoms with Gasteiger partial charge < -0.3 is 15.1 Å². The summed E-state index contributed by atoms with van der Waals surface area (Å²) < 4.78 is 5.34. The minimum atomic E-state index is -0.430. The van der Waals surface area contributed by atoms with Gasteiger partial charge in [0.05, 0.1) is 18.3 Å². The molecule has 90 valence electrons. The van der Waals surface area contributed by atoms with Gasteiger partial charge >= 0.3 is 0 Å². The minimum absolute atomic E-state index is 0. The topological polar surface area (TPSA) is 59.5 Å². The van der Waals surface area contributed by atoms with E-state index in [1.807, 2.05) is 17.0 Å². The summed E-state index contributed by atoms with van der Waals surface area (Å²) in [5.41, 5.74) is 5.61. The SMILES string of the molecule is CC(N)C(=O)N1CCCC1c1ccco1.Cl. The van der Waals surface area contributed by atoms with Crippen molar-refractivity contribution >= 4 is 18.3 Å². The number of furan rings is 1. The van der Waals surface area contributed by atoms with Crippen molar-refractivity contribution in [2.45, 2.75) is 31.8 Å². The Morgan fingerprint density at radius 1 is 1.69 bits per heavy atom. The van der Waals surface area contributed by atoms with E-state index in [0.29, 0.717) is 0 Å². The van der Waals surface area contributed by atoms with Gasteiger partial charge in [0.2, 0.25) is 5.91 Å². The Hall–Kier alpha value is -1.00.